The molecule has 1 heterocycles. The first-order valence-electron chi connectivity index (χ1n) is 9.72. The minimum atomic E-state index is -0.106. The van der Waals surface area contributed by atoms with E-state index in [0.29, 0.717) is 24.8 Å². The van der Waals surface area contributed by atoms with Gasteiger partial charge < -0.3 is 19.3 Å². The number of aromatic nitrogens is 1. The van der Waals surface area contributed by atoms with Crippen molar-refractivity contribution in [3.8, 4) is 11.5 Å². The number of amides is 2. The second-order valence-corrected chi connectivity index (χ2v) is 7.46. The number of methoxy groups -OCH3 is 1. The summed E-state index contributed by atoms with van der Waals surface area (Å²) in [7, 11) is 5.10. The number of hydrogen-bond acceptors (Lipinski definition) is 4. The summed E-state index contributed by atoms with van der Waals surface area (Å²) in [5, 5.41) is 1.31. The van der Waals surface area contributed by atoms with Crippen LogP contribution in [0.3, 0.4) is 0 Å². The highest BCUT2D eigenvalue weighted by Crippen LogP contribution is 2.26. The molecule has 1 aromatic heterocycles. The molecular formula is C23H26ClN3O3. The van der Waals surface area contributed by atoms with E-state index in [-0.39, 0.29) is 6.03 Å². The second-order valence-electron chi connectivity index (χ2n) is 7.11. The smallest absolute Gasteiger partial charge is 0.320 e. The van der Waals surface area contributed by atoms with E-state index in [4.69, 9.17) is 21.1 Å². The van der Waals surface area contributed by atoms with E-state index in [1.54, 1.807) is 31.0 Å². The van der Waals surface area contributed by atoms with Gasteiger partial charge in [-0.05, 0) is 48.9 Å². The van der Waals surface area contributed by atoms with E-state index in [1.807, 2.05) is 55.5 Å². The largest absolute Gasteiger partial charge is 0.497 e. The summed E-state index contributed by atoms with van der Waals surface area (Å²) < 4.78 is 10.8. The zero-order chi connectivity index (χ0) is 21.7. The van der Waals surface area contributed by atoms with Crippen LogP contribution in [0.25, 0.3) is 10.9 Å². The number of fused-ring (bicyclic) bond motifs is 1. The summed E-state index contributed by atoms with van der Waals surface area (Å²) in [5.41, 5.74) is 2.56. The first kappa shape index (κ1) is 21.7. The van der Waals surface area contributed by atoms with Gasteiger partial charge in [0.15, 0.2) is 0 Å². The van der Waals surface area contributed by atoms with E-state index in [2.05, 4.69) is 4.98 Å². The van der Waals surface area contributed by atoms with Crippen LogP contribution in [0.2, 0.25) is 5.15 Å². The first-order chi connectivity index (χ1) is 14.4. The van der Waals surface area contributed by atoms with Gasteiger partial charge in [0.05, 0.1) is 25.8 Å². The second kappa shape index (κ2) is 9.67. The molecule has 0 unspecified atom stereocenters. The summed E-state index contributed by atoms with van der Waals surface area (Å²) in [6.45, 7) is 3.31. The number of urea groups is 1. The highest BCUT2D eigenvalue weighted by atomic mass is 35.5. The molecule has 0 spiro atoms. The number of rotatable bonds is 7. The maximum absolute atomic E-state index is 12.8. The van der Waals surface area contributed by atoms with E-state index >= 15 is 0 Å². The summed E-state index contributed by atoms with van der Waals surface area (Å²) in [6, 6.07) is 15.2. The van der Waals surface area contributed by atoms with E-state index in [9.17, 15) is 4.79 Å². The standard InChI is InChI=1S/C23H26ClN3O3/c1-5-30-20-10-11-21-17(13-20)12-18(22(24)25-21)15-27(23(28)26(2)3)14-16-6-8-19(29-4)9-7-16/h6-13H,5,14-15H2,1-4H3. The van der Waals surface area contributed by atoms with Gasteiger partial charge in [-0.1, -0.05) is 23.7 Å². The van der Waals surface area contributed by atoms with Crippen LogP contribution in [-0.2, 0) is 13.1 Å². The minimum Gasteiger partial charge on any atom is -0.497 e. The van der Waals surface area contributed by atoms with Gasteiger partial charge >= 0.3 is 6.03 Å². The molecule has 2 aromatic carbocycles. The number of hydrogen-bond donors (Lipinski definition) is 0. The summed E-state index contributed by atoms with van der Waals surface area (Å²) in [5.74, 6) is 1.55. The fourth-order valence-corrected chi connectivity index (χ4v) is 3.38. The summed E-state index contributed by atoms with van der Waals surface area (Å²) >= 11 is 6.46. The van der Waals surface area contributed by atoms with Crippen molar-refractivity contribution in [3.63, 3.8) is 0 Å². The number of carbonyl (C=O) groups is 1. The Morgan fingerprint density at radius 1 is 1.03 bits per heavy atom. The quantitative estimate of drug-likeness (QED) is 0.499. The molecular weight excluding hydrogens is 402 g/mol. The fourth-order valence-electron chi connectivity index (χ4n) is 3.17. The van der Waals surface area contributed by atoms with Crippen molar-refractivity contribution in [2.24, 2.45) is 0 Å². The maximum atomic E-state index is 12.8. The highest BCUT2D eigenvalue weighted by molar-refractivity contribution is 6.30. The van der Waals surface area contributed by atoms with Gasteiger partial charge in [-0.3, -0.25) is 0 Å². The van der Waals surface area contributed by atoms with Crippen molar-refractivity contribution in [1.82, 2.24) is 14.8 Å². The number of ether oxygens (including phenoxy) is 2. The predicted molar refractivity (Wildman–Crippen MR) is 119 cm³/mol. The van der Waals surface area contributed by atoms with Crippen molar-refractivity contribution in [1.29, 1.82) is 0 Å². The van der Waals surface area contributed by atoms with Crippen LogP contribution in [0, 0.1) is 0 Å². The Bertz CT molecular complexity index is 1020. The van der Waals surface area contributed by atoms with Gasteiger partial charge in [-0.15, -0.1) is 0 Å². The lowest BCUT2D eigenvalue weighted by atomic mass is 10.1. The molecule has 0 N–H and O–H groups in total. The topological polar surface area (TPSA) is 54.9 Å². The third-order valence-corrected chi connectivity index (χ3v) is 5.00. The lowest BCUT2D eigenvalue weighted by Gasteiger charge is -2.27. The molecule has 158 valence electrons. The zero-order valence-electron chi connectivity index (χ0n) is 17.7. The molecule has 0 aliphatic carbocycles. The minimum absolute atomic E-state index is 0.106. The number of carbonyl (C=O) groups excluding carboxylic acids is 1. The lowest BCUT2D eigenvalue weighted by Crippen LogP contribution is -2.38. The van der Waals surface area contributed by atoms with Gasteiger partial charge in [0.2, 0.25) is 0 Å². The zero-order valence-corrected chi connectivity index (χ0v) is 18.4. The van der Waals surface area contributed by atoms with Crippen molar-refractivity contribution in [2.45, 2.75) is 20.0 Å². The molecule has 0 aliphatic rings. The number of halogens is 1. The van der Waals surface area contributed by atoms with Crippen LogP contribution in [-0.4, -0.2) is 48.6 Å². The van der Waals surface area contributed by atoms with Crippen molar-refractivity contribution < 1.29 is 14.3 Å². The number of benzene rings is 2. The van der Waals surface area contributed by atoms with Crippen LogP contribution < -0.4 is 9.47 Å². The Morgan fingerprint density at radius 2 is 1.73 bits per heavy atom. The number of nitrogens with zero attached hydrogens (tertiary/aromatic N) is 3. The molecule has 30 heavy (non-hydrogen) atoms. The molecule has 0 atom stereocenters. The Balaban J connectivity index is 1.91. The first-order valence-corrected chi connectivity index (χ1v) is 10.1. The van der Waals surface area contributed by atoms with Gasteiger partial charge in [0, 0.05) is 31.6 Å². The van der Waals surface area contributed by atoms with Crippen molar-refractivity contribution >= 4 is 28.5 Å². The molecule has 3 aromatic rings. The maximum Gasteiger partial charge on any atom is 0.320 e. The van der Waals surface area contributed by atoms with Crippen LogP contribution in [0.15, 0.2) is 48.5 Å². The highest BCUT2D eigenvalue weighted by Gasteiger charge is 2.19. The molecule has 0 fully saturated rings. The molecule has 6 nitrogen and oxygen atoms in total. The van der Waals surface area contributed by atoms with Crippen LogP contribution in [0.4, 0.5) is 4.79 Å². The Kier molecular flexibility index (Phi) is 7.00. The van der Waals surface area contributed by atoms with Gasteiger partial charge in [0.25, 0.3) is 0 Å². The van der Waals surface area contributed by atoms with Crippen LogP contribution in [0.5, 0.6) is 11.5 Å². The predicted octanol–water partition coefficient (Wildman–Crippen LogP) is 4.98. The van der Waals surface area contributed by atoms with Gasteiger partial charge in [-0.25, -0.2) is 9.78 Å². The molecule has 0 aliphatic heterocycles. The van der Waals surface area contributed by atoms with Crippen LogP contribution in [0.1, 0.15) is 18.1 Å². The third kappa shape index (κ3) is 5.13. The Labute approximate surface area is 182 Å². The summed E-state index contributed by atoms with van der Waals surface area (Å²) in [6.07, 6.45) is 0. The molecule has 2 amide bonds. The van der Waals surface area contributed by atoms with Crippen molar-refractivity contribution in [2.75, 3.05) is 27.8 Å². The van der Waals surface area contributed by atoms with Gasteiger partial charge in [-0.2, -0.15) is 0 Å². The average Bonchev–Trinajstić information content (AvgIpc) is 2.74. The van der Waals surface area contributed by atoms with E-state index in [0.717, 1.165) is 33.5 Å². The Morgan fingerprint density at radius 3 is 2.37 bits per heavy atom. The Hall–Kier alpha value is -2.99. The van der Waals surface area contributed by atoms with E-state index < -0.39 is 0 Å². The van der Waals surface area contributed by atoms with E-state index in [1.165, 1.54) is 0 Å². The molecule has 7 heteroatoms. The molecule has 0 saturated heterocycles. The average molecular weight is 428 g/mol. The number of pyridine rings is 1. The molecule has 3 rings (SSSR count). The third-order valence-electron chi connectivity index (χ3n) is 4.67. The molecule has 0 radical (unpaired) electrons. The van der Waals surface area contributed by atoms with Crippen LogP contribution >= 0.6 is 11.6 Å². The summed E-state index contributed by atoms with van der Waals surface area (Å²) in [4.78, 5) is 20.6. The lowest BCUT2D eigenvalue weighted by molar-refractivity contribution is 0.165. The molecule has 0 bridgehead atoms. The van der Waals surface area contributed by atoms with Crippen molar-refractivity contribution in [3.05, 3.63) is 64.8 Å². The van der Waals surface area contributed by atoms with Gasteiger partial charge in [0.1, 0.15) is 16.7 Å². The fraction of sp³-hybridized carbons (Fsp3) is 0.304. The SMILES string of the molecule is CCOc1ccc2nc(Cl)c(CN(Cc3ccc(OC)cc3)C(=O)N(C)C)cc2c1. The monoisotopic (exact) mass is 427 g/mol. The molecule has 0 saturated carbocycles. The normalized spacial score (nSPS) is 10.7.